The number of rotatable bonds is 3. The van der Waals surface area contributed by atoms with Crippen molar-refractivity contribution in [2.75, 3.05) is 5.32 Å². The number of anilines is 1. The van der Waals surface area contributed by atoms with Crippen molar-refractivity contribution in [3.05, 3.63) is 49.6 Å². The molecular weight excluding hydrogens is 391 g/mol. The van der Waals surface area contributed by atoms with E-state index < -0.39 is 16.8 Å². The van der Waals surface area contributed by atoms with Gasteiger partial charge in [0.2, 0.25) is 5.91 Å². The maximum Gasteiger partial charge on any atom is 0.417 e. The van der Waals surface area contributed by atoms with Gasteiger partial charge in [0.1, 0.15) is 0 Å². The van der Waals surface area contributed by atoms with E-state index in [1.54, 1.807) is 12.1 Å². The van der Waals surface area contributed by atoms with Gasteiger partial charge >= 0.3 is 6.18 Å². The van der Waals surface area contributed by atoms with Crippen LogP contribution in [0.25, 0.3) is 0 Å². The van der Waals surface area contributed by atoms with Gasteiger partial charge in [-0.25, -0.2) is 0 Å². The van der Waals surface area contributed by atoms with Gasteiger partial charge < -0.3 is 5.32 Å². The van der Waals surface area contributed by atoms with Crippen LogP contribution >= 0.6 is 38.9 Å². The Balaban J connectivity index is 2.11. The molecule has 0 saturated carbocycles. The molecule has 2 rings (SSSR count). The Kier molecular flexibility index (Phi) is 4.95. The lowest BCUT2D eigenvalue weighted by Gasteiger charge is -2.11. The van der Waals surface area contributed by atoms with E-state index in [1.807, 2.05) is 0 Å². The average molecular weight is 399 g/mol. The molecular formula is C13H8BrClF3NOS. The first kappa shape index (κ1) is 16.3. The van der Waals surface area contributed by atoms with Crippen LogP contribution in [0.15, 0.2) is 34.1 Å². The van der Waals surface area contributed by atoms with Crippen molar-refractivity contribution in [2.24, 2.45) is 0 Å². The van der Waals surface area contributed by atoms with Gasteiger partial charge in [-0.2, -0.15) is 13.2 Å². The predicted octanol–water partition coefficient (Wildman–Crippen LogP) is 5.36. The number of thiophene rings is 1. The summed E-state index contributed by atoms with van der Waals surface area (Å²) >= 11 is 10.2. The summed E-state index contributed by atoms with van der Waals surface area (Å²) in [5.41, 5.74) is -0.909. The van der Waals surface area contributed by atoms with E-state index >= 15 is 0 Å². The molecule has 0 bridgehead atoms. The summed E-state index contributed by atoms with van der Waals surface area (Å²) in [7, 11) is 0. The van der Waals surface area contributed by atoms with Gasteiger partial charge in [-0.1, -0.05) is 11.6 Å². The predicted molar refractivity (Wildman–Crippen MR) is 80.8 cm³/mol. The van der Waals surface area contributed by atoms with Crippen LogP contribution in [0.5, 0.6) is 0 Å². The molecule has 0 radical (unpaired) electrons. The molecule has 0 aliphatic rings. The largest absolute Gasteiger partial charge is 0.417 e. The van der Waals surface area contributed by atoms with Crippen LogP contribution in [0.2, 0.25) is 5.02 Å². The Morgan fingerprint density at radius 1 is 1.29 bits per heavy atom. The molecule has 0 aliphatic carbocycles. The summed E-state index contributed by atoms with van der Waals surface area (Å²) < 4.78 is 39.0. The van der Waals surface area contributed by atoms with Crippen LogP contribution in [0.4, 0.5) is 18.9 Å². The molecule has 2 aromatic rings. The number of carbonyl (C=O) groups excluding carboxylic acids is 1. The lowest BCUT2D eigenvalue weighted by atomic mass is 10.2. The molecule has 112 valence electrons. The minimum absolute atomic E-state index is 0.0624. The molecule has 0 atom stereocenters. The normalized spacial score (nSPS) is 11.5. The highest BCUT2D eigenvalue weighted by Gasteiger charge is 2.33. The summed E-state index contributed by atoms with van der Waals surface area (Å²) in [5.74, 6) is -0.389. The zero-order valence-electron chi connectivity index (χ0n) is 10.3. The lowest BCUT2D eigenvalue weighted by Crippen LogP contribution is -2.15. The topological polar surface area (TPSA) is 29.1 Å². The second kappa shape index (κ2) is 6.37. The van der Waals surface area contributed by atoms with Gasteiger partial charge in [-0.15, -0.1) is 11.3 Å². The van der Waals surface area contributed by atoms with Gasteiger partial charge in [-0.05, 0) is 46.3 Å². The third-order valence-electron chi connectivity index (χ3n) is 2.52. The smallest absolute Gasteiger partial charge is 0.326 e. The molecule has 0 unspecified atom stereocenters. The monoisotopic (exact) mass is 397 g/mol. The second-order valence-corrected chi connectivity index (χ2v) is 7.08. The highest BCUT2D eigenvalue weighted by atomic mass is 79.9. The molecule has 0 aliphatic heterocycles. The second-order valence-electron chi connectivity index (χ2n) is 4.12. The molecule has 21 heavy (non-hydrogen) atoms. The standard InChI is InChI=1S/C13H8BrClF3NOS/c14-11-4-2-8(21-11)6-12(20)19-7-1-3-10(15)9(5-7)13(16,17)18/h1-5H,6H2,(H,19,20). The van der Waals surface area contributed by atoms with E-state index in [1.165, 1.54) is 17.4 Å². The minimum atomic E-state index is -4.56. The van der Waals surface area contributed by atoms with Gasteiger partial charge in [0.25, 0.3) is 0 Å². The Morgan fingerprint density at radius 3 is 2.57 bits per heavy atom. The molecule has 0 saturated heterocycles. The highest BCUT2D eigenvalue weighted by Crippen LogP contribution is 2.36. The van der Waals surface area contributed by atoms with Crippen molar-refractivity contribution in [3.8, 4) is 0 Å². The molecule has 0 fully saturated rings. The van der Waals surface area contributed by atoms with Crippen LogP contribution < -0.4 is 5.32 Å². The minimum Gasteiger partial charge on any atom is -0.326 e. The molecule has 1 amide bonds. The molecule has 1 N–H and O–H groups in total. The molecule has 0 spiro atoms. The van der Waals surface area contributed by atoms with Crippen molar-refractivity contribution >= 4 is 50.5 Å². The van der Waals surface area contributed by atoms with E-state index in [9.17, 15) is 18.0 Å². The number of hydrogen-bond donors (Lipinski definition) is 1. The maximum absolute atomic E-state index is 12.7. The van der Waals surface area contributed by atoms with Gasteiger partial charge in [0.15, 0.2) is 0 Å². The van der Waals surface area contributed by atoms with Crippen LogP contribution in [0.3, 0.4) is 0 Å². The lowest BCUT2D eigenvalue weighted by molar-refractivity contribution is -0.137. The zero-order valence-corrected chi connectivity index (χ0v) is 13.5. The summed E-state index contributed by atoms with van der Waals surface area (Å²) in [5, 5.41) is 2.03. The highest BCUT2D eigenvalue weighted by molar-refractivity contribution is 9.11. The summed E-state index contributed by atoms with van der Waals surface area (Å²) in [4.78, 5) is 12.6. The fraction of sp³-hybridized carbons (Fsp3) is 0.154. The van der Waals surface area contributed by atoms with E-state index in [-0.39, 0.29) is 18.0 Å². The first-order chi connectivity index (χ1) is 9.75. The molecule has 1 heterocycles. The molecule has 8 heteroatoms. The number of halogens is 5. The van der Waals surface area contributed by atoms with Gasteiger partial charge in [0, 0.05) is 10.6 Å². The number of benzene rings is 1. The van der Waals surface area contributed by atoms with Crippen LogP contribution in [0, 0.1) is 0 Å². The number of nitrogens with one attached hydrogen (secondary N) is 1. The van der Waals surface area contributed by atoms with Crippen LogP contribution in [0.1, 0.15) is 10.4 Å². The first-order valence-electron chi connectivity index (χ1n) is 5.66. The maximum atomic E-state index is 12.7. The van der Waals surface area contributed by atoms with Crippen LogP contribution in [-0.4, -0.2) is 5.91 Å². The quantitative estimate of drug-likeness (QED) is 0.740. The van der Waals surface area contributed by atoms with Crippen molar-refractivity contribution < 1.29 is 18.0 Å². The Bertz CT molecular complexity index is 672. The van der Waals surface area contributed by atoms with Crippen molar-refractivity contribution in [2.45, 2.75) is 12.6 Å². The van der Waals surface area contributed by atoms with E-state index in [0.29, 0.717) is 0 Å². The summed E-state index contributed by atoms with van der Waals surface area (Å²) in [6.45, 7) is 0. The molecule has 1 aromatic heterocycles. The Hall–Kier alpha value is -1.05. The van der Waals surface area contributed by atoms with E-state index in [2.05, 4.69) is 21.2 Å². The van der Waals surface area contributed by atoms with Crippen molar-refractivity contribution in [1.82, 2.24) is 0 Å². The summed E-state index contributed by atoms with van der Waals surface area (Å²) in [6, 6.07) is 6.85. The third-order valence-corrected chi connectivity index (χ3v) is 4.47. The van der Waals surface area contributed by atoms with E-state index in [0.717, 1.165) is 20.8 Å². The number of alkyl halides is 3. The van der Waals surface area contributed by atoms with Gasteiger partial charge in [0.05, 0.1) is 20.8 Å². The average Bonchev–Trinajstić information content (AvgIpc) is 2.75. The van der Waals surface area contributed by atoms with E-state index in [4.69, 9.17) is 11.6 Å². The Labute approximate surface area is 136 Å². The third kappa shape index (κ3) is 4.46. The zero-order chi connectivity index (χ0) is 15.6. The fourth-order valence-electron chi connectivity index (χ4n) is 1.63. The fourth-order valence-corrected chi connectivity index (χ4v) is 3.34. The Morgan fingerprint density at radius 2 is 2.00 bits per heavy atom. The SMILES string of the molecule is O=C(Cc1ccc(Br)s1)Nc1ccc(Cl)c(C(F)(F)F)c1. The van der Waals surface area contributed by atoms with Crippen LogP contribution in [-0.2, 0) is 17.4 Å². The van der Waals surface area contributed by atoms with Crippen molar-refractivity contribution in [1.29, 1.82) is 0 Å². The van der Waals surface area contributed by atoms with Crippen molar-refractivity contribution in [3.63, 3.8) is 0 Å². The summed E-state index contributed by atoms with van der Waals surface area (Å²) in [6.07, 6.45) is -4.46. The number of hydrogen-bond acceptors (Lipinski definition) is 2. The molecule has 1 aromatic carbocycles. The molecule has 2 nitrogen and oxygen atoms in total. The number of carbonyl (C=O) groups is 1. The number of amides is 1. The van der Waals surface area contributed by atoms with Gasteiger partial charge in [-0.3, -0.25) is 4.79 Å². The first-order valence-corrected chi connectivity index (χ1v) is 7.65.